The number of guanidine groups is 1. The standard InChI is InChI=1S/C15H14ClN3OS/c1-19-14-12(20-2)8-5-9-13(14)21-18-15(19)17-11-7-4-3-6-10(11)16/h3-9H,1-2H3,(H,17,18). The summed E-state index contributed by atoms with van der Waals surface area (Å²) in [6.07, 6.45) is 0. The lowest BCUT2D eigenvalue weighted by molar-refractivity contribution is 0.415. The van der Waals surface area contributed by atoms with Crippen LogP contribution in [0.25, 0.3) is 0 Å². The molecule has 0 fully saturated rings. The Balaban J connectivity index is 1.93. The number of nitrogens with one attached hydrogen (secondary N) is 1. The van der Waals surface area contributed by atoms with Gasteiger partial charge in [-0.15, -0.1) is 0 Å². The normalized spacial score (nSPS) is 13.5. The zero-order valence-electron chi connectivity index (χ0n) is 11.6. The molecule has 1 N–H and O–H groups in total. The van der Waals surface area contributed by atoms with Gasteiger partial charge in [0, 0.05) is 19.0 Å². The highest BCUT2D eigenvalue weighted by Crippen LogP contribution is 2.41. The predicted molar refractivity (Wildman–Crippen MR) is 89.8 cm³/mol. The quantitative estimate of drug-likeness (QED) is 0.839. The molecule has 0 amide bonds. The van der Waals surface area contributed by atoms with Gasteiger partial charge in [-0.3, -0.25) is 0 Å². The minimum Gasteiger partial charge on any atom is -0.495 e. The molecular formula is C15H14ClN3OS. The highest BCUT2D eigenvalue weighted by Gasteiger charge is 2.23. The highest BCUT2D eigenvalue weighted by atomic mass is 35.5. The van der Waals surface area contributed by atoms with E-state index in [-0.39, 0.29) is 0 Å². The molecule has 1 aliphatic rings. The third kappa shape index (κ3) is 2.66. The molecule has 6 heteroatoms. The van der Waals surface area contributed by atoms with Crippen molar-refractivity contribution >= 4 is 40.9 Å². The molecule has 3 rings (SSSR count). The molecule has 2 aromatic carbocycles. The Morgan fingerprint density at radius 1 is 1.19 bits per heavy atom. The van der Waals surface area contributed by atoms with Crippen molar-refractivity contribution in [3.8, 4) is 5.75 Å². The summed E-state index contributed by atoms with van der Waals surface area (Å²) < 4.78 is 9.94. The van der Waals surface area contributed by atoms with Gasteiger partial charge in [-0.2, -0.15) is 4.40 Å². The molecule has 1 heterocycles. The fourth-order valence-corrected chi connectivity index (χ4v) is 3.12. The first kappa shape index (κ1) is 14.1. The fraction of sp³-hybridized carbons (Fsp3) is 0.133. The Bertz CT molecular complexity index is 705. The number of nitrogens with zero attached hydrogens (tertiary/aromatic N) is 2. The lowest BCUT2D eigenvalue weighted by atomic mass is 10.2. The van der Waals surface area contributed by atoms with Gasteiger partial charge >= 0.3 is 0 Å². The van der Waals surface area contributed by atoms with Crippen LogP contribution in [0.2, 0.25) is 5.02 Å². The number of fused-ring (bicyclic) bond motifs is 1. The van der Waals surface area contributed by atoms with Gasteiger partial charge in [0.2, 0.25) is 5.96 Å². The minimum atomic E-state index is 0.657. The SMILES string of the molecule is COc1cccc2c1N(C)C(Nc1ccccc1Cl)=NS2. The number of rotatable bonds is 2. The maximum absolute atomic E-state index is 6.18. The predicted octanol–water partition coefficient (Wildman–Crippen LogP) is 4.27. The summed E-state index contributed by atoms with van der Waals surface area (Å²) in [7, 11) is 3.62. The van der Waals surface area contributed by atoms with Crippen molar-refractivity contribution in [2.75, 3.05) is 24.4 Å². The molecule has 0 aromatic heterocycles. The van der Waals surface area contributed by atoms with Crippen LogP contribution in [-0.4, -0.2) is 20.1 Å². The largest absolute Gasteiger partial charge is 0.495 e. The number of hydrogen-bond donors (Lipinski definition) is 1. The average molecular weight is 320 g/mol. The number of benzene rings is 2. The molecule has 0 aliphatic carbocycles. The molecular weight excluding hydrogens is 306 g/mol. The van der Waals surface area contributed by atoms with Crippen molar-refractivity contribution in [2.24, 2.45) is 4.40 Å². The minimum absolute atomic E-state index is 0.657. The number of halogens is 1. The second-order valence-corrected chi connectivity index (χ2v) is 5.69. The monoisotopic (exact) mass is 319 g/mol. The number of methoxy groups -OCH3 is 1. The Morgan fingerprint density at radius 3 is 2.76 bits per heavy atom. The van der Waals surface area contributed by atoms with E-state index in [0.29, 0.717) is 11.0 Å². The van der Waals surface area contributed by atoms with Crippen LogP contribution < -0.4 is 15.0 Å². The van der Waals surface area contributed by atoms with Crippen molar-refractivity contribution in [1.29, 1.82) is 0 Å². The van der Waals surface area contributed by atoms with E-state index < -0.39 is 0 Å². The maximum atomic E-state index is 6.18. The summed E-state index contributed by atoms with van der Waals surface area (Å²) in [5.41, 5.74) is 1.82. The Hall–Kier alpha value is -1.85. The van der Waals surface area contributed by atoms with Gasteiger partial charge in [0.25, 0.3) is 0 Å². The van der Waals surface area contributed by atoms with Crippen LogP contribution >= 0.6 is 23.5 Å². The zero-order valence-corrected chi connectivity index (χ0v) is 13.2. The Labute approximate surface area is 132 Å². The van der Waals surface area contributed by atoms with Gasteiger partial charge in [-0.05, 0) is 24.3 Å². The molecule has 0 atom stereocenters. The van der Waals surface area contributed by atoms with Crippen molar-refractivity contribution in [2.45, 2.75) is 4.90 Å². The van der Waals surface area contributed by atoms with Crippen molar-refractivity contribution in [3.63, 3.8) is 0 Å². The molecule has 0 bridgehead atoms. The summed E-state index contributed by atoms with van der Waals surface area (Å²) in [6.45, 7) is 0. The van der Waals surface area contributed by atoms with Gasteiger partial charge < -0.3 is 15.0 Å². The molecule has 1 aliphatic heterocycles. The molecule has 4 nitrogen and oxygen atoms in total. The van der Waals surface area contributed by atoms with Crippen LogP contribution in [-0.2, 0) is 0 Å². The lowest BCUT2D eigenvalue weighted by Gasteiger charge is -2.28. The second kappa shape index (κ2) is 5.87. The van der Waals surface area contributed by atoms with Gasteiger partial charge in [-0.25, -0.2) is 0 Å². The van der Waals surface area contributed by atoms with Crippen LogP contribution in [0.3, 0.4) is 0 Å². The molecule has 0 spiro atoms. The van der Waals surface area contributed by atoms with Crippen molar-refractivity contribution in [1.82, 2.24) is 0 Å². The molecule has 0 unspecified atom stereocenters. The number of anilines is 2. The smallest absolute Gasteiger partial charge is 0.214 e. The van der Waals surface area contributed by atoms with Crippen LogP contribution in [0.5, 0.6) is 5.75 Å². The Morgan fingerprint density at radius 2 is 2.00 bits per heavy atom. The number of para-hydroxylation sites is 2. The number of ether oxygens (including phenoxy) is 1. The maximum Gasteiger partial charge on any atom is 0.214 e. The van der Waals surface area contributed by atoms with Crippen LogP contribution in [0.15, 0.2) is 51.8 Å². The van der Waals surface area contributed by atoms with Crippen LogP contribution in [0.4, 0.5) is 11.4 Å². The van der Waals surface area contributed by atoms with Gasteiger partial charge in [0.15, 0.2) is 0 Å². The first-order chi connectivity index (χ1) is 10.2. The Kier molecular flexibility index (Phi) is 3.94. The summed E-state index contributed by atoms with van der Waals surface area (Å²) >= 11 is 7.60. The summed E-state index contributed by atoms with van der Waals surface area (Å²) in [4.78, 5) is 3.02. The molecule has 0 radical (unpaired) electrons. The van der Waals surface area contributed by atoms with Crippen molar-refractivity contribution < 1.29 is 4.74 Å². The first-order valence-corrected chi connectivity index (χ1v) is 7.53. The fourth-order valence-electron chi connectivity index (χ4n) is 2.12. The van der Waals surface area contributed by atoms with E-state index in [4.69, 9.17) is 16.3 Å². The topological polar surface area (TPSA) is 36.9 Å². The third-order valence-corrected chi connectivity index (χ3v) is 4.31. The molecule has 108 valence electrons. The van der Waals surface area contributed by atoms with E-state index >= 15 is 0 Å². The summed E-state index contributed by atoms with van der Waals surface area (Å²) in [5.74, 6) is 1.53. The van der Waals surface area contributed by atoms with E-state index in [0.717, 1.165) is 22.0 Å². The van der Waals surface area contributed by atoms with E-state index in [1.807, 2.05) is 54.4 Å². The molecule has 0 saturated heterocycles. The molecule has 2 aromatic rings. The van der Waals surface area contributed by atoms with E-state index in [1.54, 1.807) is 7.11 Å². The first-order valence-electron chi connectivity index (χ1n) is 6.38. The zero-order chi connectivity index (χ0) is 14.8. The highest BCUT2D eigenvalue weighted by molar-refractivity contribution is 7.98. The van der Waals surface area contributed by atoms with E-state index in [9.17, 15) is 0 Å². The van der Waals surface area contributed by atoms with E-state index in [1.165, 1.54) is 11.9 Å². The van der Waals surface area contributed by atoms with Gasteiger partial charge in [-0.1, -0.05) is 29.8 Å². The summed E-state index contributed by atoms with van der Waals surface area (Å²) in [5, 5.41) is 3.92. The van der Waals surface area contributed by atoms with Crippen LogP contribution in [0.1, 0.15) is 0 Å². The third-order valence-electron chi connectivity index (χ3n) is 3.19. The average Bonchev–Trinajstić information content (AvgIpc) is 2.51. The van der Waals surface area contributed by atoms with Crippen molar-refractivity contribution in [3.05, 3.63) is 47.5 Å². The van der Waals surface area contributed by atoms with Crippen LogP contribution in [0, 0.1) is 0 Å². The lowest BCUT2D eigenvalue weighted by Crippen LogP contribution is -2.34. The second-order valence-electron chi connectivity index (χ2n) is 4.48. The molecule has 0 saturated carbocycles. The summed E-state index contributed by atoms with van der Waals surface area (Å²) in [6, 6.07) is 13.5. The number of hydrogen-bond acceptors (Lipinski definition) is 5. The van der Waals surface area contributed by atoms with Gasteiger partial charge in [0.1, 0.15) is 11.4 Å². The molecule has 21 heavy (non-hydrogen) atoms. The van der Waals surface area contributed by atoms with E-state index in [2.05, 4.69) is 9.71 Å². The van der Waals surface area contributed by atoms with Gasteiger partial charge in [0.05, 0.1) is 22.7 Å².